The maximum absolute atomic E-state index is 12.2. The van der Waals surface area contributed by atoms with Crippen molar-refractivity contribution in [3.05, 3.63) is 0 Å². The second kappa shape index (κ2) is 3.37. The second-order valence-corrected chi connectivity index (χ2v) is 6.65. The molecule has 4 heteroatoms. The lowest BCUT2D eigenvalue weighted by Gasteiger charge is -2.38. The lowest BCUT2D eigenvalue weighted by atomic mass is 9.91. The normalized spacial score (nSPS) is 39.6. The van der Waals surface area contributed by atoms with Crippen LogP contribution in [0.2, 0.25) is 0 Å². The molecule has 96 valence electrons. The van der Waals surface area contributed by atoms with E-state index >= 15 is 0 Å². The number of carbonyl (C=O) groups is 1. The van der Waals surface area contributed by atoms with Gasteiger partial charge in [0.2, 0.25) is 0 Å². The summed E-state index contributed by atoms with van der Waals surface area (Å²) in [4.78, 5) is 14.1. The second-order valence-electron chi connectivity index (χ2n) is 6.65. The minimum absolute atomic E-state index is 0.129. The van der Waals surface area contributed by atoms with Gasteiger partial charge in [-0.05, 0) is 46.5 Å². The SMILES string of the molecule is CC(C)(C)OC(=O)N1[C@@H]2CC[C@H]1C[C@@]1(CO1)C2. The van der Waals surface area contributed by atoms with E-state index in [0.29, 0.717) is 12.1 Å². The summed E-state index contributed by atoms with van der Waals surface area (Å²) in [6.45, 7) is 6.65. The highest BCUT2D eigenvalue weighted by Crippen LogP contribution is 2.49. The molecule has 3 saturated heterocycles. The van der Waals surface area contributed by atoms with E-state index in [9.17, 15) is 4.79 Å². The molecule has 4 nitrogen and oxygen atoms in total. The third-order valence-electron chi connectivity index (χ3n) is 3.99. The van der Waals surface area contributed by atoms with Crippen LogP contribution in [-0.4, -0.2) is 40.9 Å². The Labute approximate surface area is 102 Å². The predicted molar refractivity (Wildman–Crippen MR) is 62.8 cm³/mol. The smallest absolute Gasteiger partial charge is 0.410 e. The zero-order chi connectivity index (χ0) is 12.3. The van der Waals surface area contributed by atoms with Crippen molar-refractivity contribution in [1.82, 2.24) is 4.90 Å². The minimum Gasteiger partial charge on any atom is -0.444 e. The zero-order valence-electron chi connectivity index (χ0n) is 10.9. The summed E-state index contributed by atoms with van der Waals surface area (Å²) in [6, 6.07) is 0.678. The van der Waals surface area contributed by atoms with Gasteiger partial charge in [-0.2, -0.15) is 0 Å². The molecule has 1 spiro atoms. The highest BCUT2D eigenvalue weighted by Gasteiger charge is 2.57. The summed E-state index contributed by atoms with van der Waals surface area (Å²) in [5, 5.41) is 0. The molecule has 0 unspecified atom stereocenters. The molecular weight excluding hydrogens is 218 g/mol. The molecule has 3 aliphatic rings. The third kappa shape index (κ3) is 2.03. The standard InChI is InChI=1S/C13H21NO3/c1-12(2,3)17-11(15)14-9-4-5-10(14)7-13(6-9)8-16-13/h9-10H,4-8H2,1-3H3/t9-,10+,13-. The molecule has 3 aliphatic heterocycles. The molecule has 1 amide bonds. The molecule has 0 N–H and O–H groups in total. The van der Waals surface area contributed by atoms with Gasteiger partial charge in [0.25, 0.3) is 0 Å². The monoisotopic (exact) mass is 239 g/mol. The first-order valence-corrected chi connectivity index (χ1v) is 6.54. The first kappa shape index (κ1) is 11.3. The minimum atomic E-state index is -0.401. The lowest BCUT2D eigenvalue weighted by molar-refractivity contribution is -0.00100. The topological polar surface area (TPSA) is 42.1 Å². The van der Waals surface area contributed by atoms with Gasteiger partial charge in [0, 0.05) is 12.1 Å². The molecule has 3 fully saturated rings. The van der Waals surface area contributed by atoms with E-state index in [4.69, 9.17) is 9.47 Å². The number of ether oxygens (including phenoxy) is 2. The molecule has 0 aliphatic carbocycles. The van der Waals surface area contributed by atoms with Crippen molar-refractivity contribution in [3.8, 4) is 0 Å². The summed E-state index contributed by atoms with van der Waals surface area (Å²) in [5.41, 5.74) is -0.272. The number of epoxide rings is 1. The van der Waals surface area contributed by atoms with Gasteiger partial charge in [-0.3, -0.25) is 0 Å². The third-order valence-corrected chi connectivity index (χ3v) is 3.99. The molecule has 0 radical (unpaired) electrons. The Morgan fingerprint density at radius 2 is 1.82 bits per heavy atom. The molecule has 0 aromatic carbocycles. The van der Waals surface area contributed by atoms with Crippen LogP contribution in [0, 0.1) is 0 Å². The van der Waals surface area contributed by atoms with Crippen LogP contribution in [0.3, 0.4) is 0 Å². The van der Waals surface area contributed by atoms with Crippen molar-refractivity contribution >= 4 is 6.09 Å². The average molecular weight is 239 g/mol. The van der Waals surface area contributed by atoms with E-state index in [1.54, 1.807) is 0 Å². The van der Waals surface area contributed by atoms with Crippen molar-refractivity contribution in [2.24, 2.45) is 0 Å². The van der Waals surface area contributed by atoms with E-state index in [2.05, 4.69) is 0 Å². The fourth-order valence-corrected chi connectivity index (χ4v) is 3.25. The number of hydrogen-bond donors (Lipinski definition) is 0. The van der Waals surface area contributed by atoms with Crippen molar-refractivity contribution < 1.29 is 14.3 Å². The van der Waals surface area contributed by atoms with Crippen molar-refractivity contribution in [1.29, 1.82) is 0 Å². The van der Waals surface area contributed by atoms with Gasteiger partial charge in [-0.1, -0.05) is 0 Å². The van der Waals surface area contributed by atoms with Crippen LogP contribution in [0.4, 0.5) is 4.79 Å². The van der Waals surface area contributed by atoms with Crippen LogP contribution in [0.15, 0.2) is 0 Å². The highest BCUT2D eigenvalue weighted by atomic mass is 16.6. The van der Waals surface area contributed by atoms with E-state index < -0.39 is 5.60 Å². The summed E-state index contributed by atoms with van der Waals surface area (Å²) >= 11 is 0. The van der Waals surface area contributed by atoms with Gasteiger partial charge in [0.15, 0.2) is 0 Å². The number of nitrogens with zero attached hydrogens (tertiary/aromatic N) is 1. The molecule has 0 aromatic heterocycles. The van der Waals surface area contributed by atoms with Gasteiger partial charge in [0.05, 0.1) is 12.2 Å². The lowest BCUT2D eigenvalue weighted by Crippen LogP contribution is -2.50. The van der Waals surface area contributed by atoms with Crippen LogP contribution in [0.1, 0.15) is 46.5 Å². The van der Waals surface area contributed by atoms with E-state index in [1.165, 1.54) is 0 Å². The van der Waals surface area contributed by atoms with Crippen molar-refractivity contribution in [3.63, 3.8) is 0 Å². The Bertz CT molecular complexity index is 327. The molecule has 17 heavy (non-hydrogen) atoms. The van der Waals surface area contributed by atoms with Gasteiger partial charge in [-0.15, -0.1) is 0 Å². The molecular formula is C13H21NO3. The van der Waals surface area contributed by atoms with Crippen LogP contribution in [-0.2, 0) is 9.47 Å². The van der Waals surface area contributed by atoms with Crippen LogP contribution in [0.25, 0.3) is 0 Å². The zero-order valence-corrected chi connectivity index (χ0v) is 10.9. The van der Waals surface area contributed by atoms with Crippen LogP contribution in [0.5, 0.6) is 0 Å². The largest absolute Gasteiger partial charge is 0.444 e. The molecule has 2 bridgehead atoms. The van der Waals surface area contributed by atoms with E-state index in [0.717, 1.165) is 32.3 Å². The summed E-state index contributed by atoms with van der Waals surface area (Å²) in [6.07, 6.45) is 4.08. The fraction of sp³-hybridized carbons (Fsp3) is 0.923. The Hall–Kier alpha value is -0.770. The van der Waals surface area contributed by atoms with Gasteiger partial charge < -0.3 is 14.4 Å². The number of carbonyl (C=O) groups excluding carboxylic acids is 1. The number of hydrogen-bond acceptors (Lipinski definition) is 3. The number of amides is 1. The van der Waals surface area contributed by atoms with Gasteiger partial charge in [-0.25, -0.2) is 4.79 Å². The van der Waals surface area contributed by atoms with E-state index in [1.807, 2.05) is 25.7 Å². The molecule has 3 heterocycles. The predicted octanol–water partition coefficient (Wildman–Crippen LogP) is 2.32. The molecule has 3 rings (SSSR count). The van der Waals surface area contributed by atoms with E-state index in [-0.39, 0.29) is 11.7 Å². The average Bonchev–Trinajstić information content (AvgIpc) is 2.84. The molecule has 0 aromatic rings. The Morgan fingerprint density at radius 3 is 2.24 bits per heavy atom. The Morgan fingerprint density at radius 1 is 1.29 bits per heavy atom. The number of rotatable bonds is 0. The van der Waals surface area contributed by atoms with Crippen LogP contribution >= 0.6 is 0 Å². The first-order valence-electron chi connectivity index (χ1n) is 6.54. The van der Waals surface area contributed by atoms with Crippen LogP contribution < -0.4 is 0 Å². The van der Waals surface area contributed by atoms with Gasteiger partial charge in [0.1, 0.15) is 5.60 Å². The Kier molecular flexibility index (Phi) is 2.25. The number of piperidine rings is 1. The number of fused-ring (bicyclic) bond motifs is 2. The van der Waals surface area contributed by atoms with Gasteiger partial charge >= 0.3 is 6.09 Å². The van der Waals surface area contributed by atoms with Crippen molar-refractivity contribution in [2.45, 2.75) is 69.7 Å². The molecule has 3 atom stereocenters. The maximum atomic E-state index is 12.2. The summed E-state index contributed by atoms with van der Waals surface area (Å²) in [5.74, 6) is 0. The maximum Gasteiger partial charge on any atom is 0.410 e. The summed E-state index contributed by atoms with van der Waals surface area (Å²) < 4.78 is 11.1. The highest BCUT2D eigenvalue weighted by molar-refractivity contribution is 5.69. The first-order chi connectivity index (χ1) is 7.89. The summed E-state index contributed by atoms with van der Waals surface area (Å²) in [7, 11) is 0. The fourth-order valence-electron chi connectivity index (χ4n) is 3.25. The Balaban J connectivity index is 1.70. The quantitative estimate of drug-likeness (QED) is 0.609. The molecule has 0 saturated carbocycles. The van der Waals surface area contributed by atoms with Crippen molar-refractivity contribution in [2.75, 3.05) is 6.61 Å².